The van der Waals surface area contributed by atoms with Gasteiger partial charge in [0.1, 0.15) is 5.75 Å². The highest BCUT2D eigenvalue weighted by Crippen LogP contribution is 2.42. The average molecular weight is 333 g/mol. The molecule has 3 aromatic rings. The number of amides is 1. The largest absolute Gasteiger partial charge is 0.497 e. The number of methoxy groups -OCH3 is 1. The number of benzene rings is 2. The summed E-state index contributed by atoms with van der Waals surface area (Å²) < 4.78 is 5.26. The number of nitrogens with zero attached hydrogens (tertiary/aromatic N) is 2. The van der Waals surface area contributed by atoms with Crippen LogP contribution < -0.4 is 9.64 Å². The van der Waals surface area contributed by atoms with Crippen LogP contribution in [0, 0.1) is 13.8 Å². The smallest absolute Gasteiger partial charge is 0.279 e. The molecule has 5 nitrogen and oxygen atoms in total. The summed E-state index contributed by atoms with van der Waals surface area (Å²) in [6.45, 7) is 3.99. The molecule has 0 bridgehead atoms. The molecule has 126 valence electrons. The van der Waals surface area contributed by atoms with Crippen LogP contribution in [-0.4, -0.2) is 23.2 Å². The van der Waals surface area contributed by atoms with Crippen molar-refractivity contribution >= 4 is 11.6 Å². The monoisotopic (exact) mass is 333 g/mol. The van der Waals surface area contributed by atoms with E-state index in [1.54, 1.807) is 7.11 Å². The number of hydrogen-bond acceptors (Lipinski definition) is 3. The van der Waals surface area contributed by atoms with Gasteiger partial charge in [0, 0.05) is 16.9 Å². The van der Waals surface area contributed by atoms with Crippen LogP contribution in [0.25, 0.3) is 0 Å². The van der Waals surface area contributed by atoms with E-state index in [9.17, 15) is 4.79 Å². The van der Waals surface area contributed by atoms with Crippen molar-refractivity contribution in [2.75, 3.05) is 12.0 Å². The van der Waals surface area contributed by atoms with Crippen molar-refractivity contribution in [3.05, 3.63) is 76.6 Å². The lowest BCUT2D eigenvalue weighted by Gasteiger charge is -2.26. The third kappa shape index (κ3) is 2.39. The van der Waals surface area contributed by atoms with E-state index in [0.29, 0.717) is 5.69 Å². The minimum Gasteiger partial charge on any atom is -0.497 e. The van der Waals surface area contributed by atoms with E-state index in [0.717, 1.165) is 33.8 Å². The van der Waals surface area contributed by atoms with Crippen LogP contribution in [0.5, 0.6) is 5.75 Å². The molecule has 5 heteroatoms. The number of nitrogens with one attached hydrogen (secondary N) is 1. The van der Waals surface area contributed by atoms with E-state index < -0.39 is 0 Å². The van der Waals surface area contributed by atoms with Gasteiger partial charge in [-0.2, -0.15) is 5.10 Å². The second-order valence-electron chi connectivity index (χ2n) is 6.30. The van der Waals surface area contributed by atoms with Crippen molar-refractivity contribution in [3.63, 3.8) is 0 Å². The number of carbonyl (C=O) groups excluding carboxylic acids is 1. The van der Waals surface area contributed by atoms with Crippen molar-refractivity contribution in [2.45, 2.75) is 19.9 Å². The minimum atomic E-state index is -0.199. The molecule has 0 aliphatic carbocycles. The van der Waals surface area contributed by atoms with Gasteiger partial charge >= 0.3 is 0 Å². The van der Waals surface area contributed by atoms with Crippen molar-refractivity contribution in [3.8, 4) is 5.75 Å². The van der Waals surface area contributed by atoms with Crippen molar-refractivity contribution in [1.82, 2.24) is 10.2 Å². The maximum Gasteiger partial charge on any atom is 0.279 e. The summed E-state index contributed by atoms with van der Waals surface area (Å²) in [5.41, 5.74) is 5.41. The SMILES string of the molecule is COc1ccc([C@@H]2c3c(n[nH]c3C)C(=O)N2c2ccc(C)cc2)cc1. The molecule has 0 spiro atoms. The summed E-state index contributed by atoms with van der Waals surface area (Å²) in [7, 11) is 1.64. The second kappa shape index (κ2) is 5.77. The van der Waals surface area contributed by atoms with Gasteiger partial charge in [-0.3, -0.25) is 14.8 Å². The number of anilines is 1. The summed E-state index contributed by atoms with van der Waals surface area (Å²) >= 11 is 0. The zero-order chi connectivity index (χ0) is 17.6. The third-order valence-electron chi connectivity index (χ3n) is 4.69. The van der Waals surface area contributed by atoms with Crippen LogP contribution in [0.4, 0.5) is 5.69 Å². The molecule has 0 fully saturated rings. The van der Waals surface area contributed by atoms with Crippen LogP contribution in [0.3, 0.4) is 0 Å². The van der Waals surface area contributed by atoms with Crippen LogP contribution in [0.2, 0.25) is 0 Å². The fourth-order valence-corrected chi connectivity index (χ4v) is 3.37. The minimum absolute atomic E-state index is 0.0796. The Morgan fingerprint density at radius 2 is 1.72 bits per heavy atom. The number of aryl methyl sites for hydroxylation is 2. The maximum atomic E-state index is 13.0. The molecule has 2 aromatic carbocycles. The molecule has 0 radical (unpaired) electrons. The molecule has 0 saturated carbocycles. The first-order chi connectivity index (χ1) is 12.1. The highest BCUT2D eigenvalue weighted by molar-refractivity contribution is 6.10. The van der Waals surface area contributed by atoms with Gasteiger partial charge < -0.3 is 4.74 Å². The Kier molecular flexibility index (Phi) is 3.57. The average Bonchev–Trinajstić information content (AvgIpc) is 3.15. The Balaban J connectivity index is 1.86. The number of ether oxygens (including phenoxy) is 1. The molecule has 0 saturated heterocycles. The van der Waals surface area contributed by atoms with Gasteiger partial charge in [-0.25, -0.2) is 0 Å². The van der Waals surface area contributed by atoms with Gasteiger partial charge in [-0.1, -0.05) is 29.8 Å². The fourth-order valence-electron chi connectivity index (χ4n) is 3.37. The number of H-pyrrole nitrogens is 1. The van der Waals surface area contributed by atoms with E-state index in [2.05, 4.69) is 10.2 Å². The summed E-state index contributed by atoms with van der Waals surface area (Å²) in [6, 6.07) is 15.6. The van der Waals surface area contributed by atoms with Gasteiger partial charge in [-0.05, 0) is 43.7 Å². The summed E-state index contributed by atoms with van der Waals surface area (Å²) in [5, 5.41) is 7.19. The number of rotatable bonds is 3. The predicted octanol–water partition coefficient (Wildman–Crippen LogP) is 3.78. The Hall–Kier alpha value is -3.08. The predicted molar refractivity (Wildman–Crippen MR) is 96.2 cm³/mol. The zero-order valence-corrected chi connectivity index (χ0v) is 14.4. The molecule has 25 heavy (non-hydrogen) atoms. The molecule has 2 heterocycles. The first kappa shape index (κ1) is 15.4. The van der Waals surface area contributed by atoms with Crippen LogP contribution in [-0.2, 0) is 0 Å². The molecular formula is C20H19N3O2. The summed E-state index contributed by atoms with van der Waals surface area (Å²) in [5.74, 6) is 0.711. The third-order valence-corrected chi connectivity index (χ3v) is 4.69. The first-order valence-electron chi connectivity index (χ1n) is 8.19. The van der Waals surface area contributed by atoms with Crippen molar-refractivity contribution < 1.29 is 9.53 Å². The molecule has 1 aliphatic rings. The van der Waals surface area contributed by atoms with Gasteiger partial charge in [0.25, 0.3) is 5.91 Å². The number of aromatic amines is 1. The molecule has 4 rings (SSSR count). The van der Waals surface area contributed by atoms with Gasteiger partial charge in [0.15, 0.2) is 5.69 Å². The van der Waals surface area contributed by atoms with Crippen molar-refractivity contribution in [2.24, 2.45) is 0 Å². The quantitative estimate of drug-likeness (QED) is 0.793. The van der Waals surface area contributed by atoms with Gasteiger partial charge in [-0.15, -0.1) is 0 Å². The lowest BCUT2D eigenvalue weighted by molar-refractivity contribution is 0.0988. The molecule has 1 atom stereocenters. The summed E-state index contributed by atoms with van der Waals surface area (Å²) in [6.07, 6.45) is 0. The molecule has 0 unspecified atom stereocenters. The lowest BCUT2D eigenvalue weighted by atomic mass is 9.98. The van der Waals surface area contributed by atoms with Crippen LogP contribution in [0.15, 0.2) is 48.5 Å². The van der Waals surface area contributed by atoms with E-state index in [1.807, 2.05) is 67.3 Å². The Morgan fingerprint density at radius 1 is 1.04 bits per heavy atom. The fraction of sp³-hybridized carbons (Fsp3) is 0.200. The highest BCUT2D eigenvalue weighted by atomic mass is 16.5. The normalized spacial score (nSPS) is 16.2. The lowest BCUT2D eigenvalue weighted by Crippen LogP contribution is -2.29. The van der Waals surface area contributed by atoms with Gasteiger partial charge in [0.05, 0.1) is 13.2 Å². The topological polar surface area (TPSA) is 58.2 Å². The second-order valence-corrected chi connectivity index (χ2v) is 6.30. The van der Waals surface area contributed by atoms with Crippen LogP contribution in [0.1, 0.15) is 38.9 Å². The number of aromatic nitrogens is 2. The first-order valence-corrected chi connectivity index (χ1v) is 8.19. The number of carbonyl (C=O) groups is 1. The van der Waals surface area contributed by atoms with Crippen LogP contribution >= 0.6 is 0 Å². The van der Waals surface area contributed by atoms with E-state index in [-0.39, 0.29) is 11.9 Å². The Bertz CT molecular complexity index is 927. The molecule has 1 amide bonds. The Morgan fingerprint density at radius 3 is 2.36 bits per heavy atom. The number of fused-ring (bicyclic) bond motifs is 1. The number of hydrogen-bond donors (Lipinski definition) is 1. The molecule has 1 N–H and O–H groups in total. The Labute approximate surface area is 146 Å². The maximum absolute atomic E-state index is 13.0. The molecule has 1 aromatic heterocycles. The molecule has 1 aliphatic heterocycles. The molecular weight excluding hydrogens is 314 g/mol. The van der Waals surface area contributed by atoms with E-state index >= 15 is 0 Å². The van der Waals surface area contributed by atoms with E-state index in [4.69, 9.17) is 4.74 Å². The van der Waals surface area contributed by atoms with Crippen molar-refractivity contribution in [1.29, 1.82) is 0 Å². The highest BCUT2D eigenvalue weighted by Gasteiger charge is 2.42. The van der Waals surface area contributed by atoms with E-state index in [1.165, 1.54) is 0 Å². The standard InChI is InChI=1S/C20H19N3O2/c1-12-4-8-15(9-5-12)23-19(14-6-10-16(25-3)11-7-14)17-13(2)21-22-18(17)20(23)24/h4-11,19H,1-3H3,(H,21,22)/t19-/m1/s1. The summed E-state index contributed by atoms with van der Waals surface area (Å²) in [4.78, 5) is 14.8. The van der Waals surface area contributed by atoms with Gasteiger partial charge in [0.2, 0.25) is 0 Å². The zero-order valence-electron chi connectivity index (χ0n) is 14.4.